The summed E-state index contributed by atoms with van der Waals surface area (Å²) in [7, 11) is 0. The van der Waals surface area contributed by atoms with E-state index in [0.29, 0.717) is 6.42 Å². The molecule has 1 aliphatic heterocycles. The Morgan fingerprint density at radius 2 is 2.20 bits per heavy atom. The minimum absolute atomic E-state index is 0.214. The molecule has 2 rings (SSSR count). The molecule has 0 saturated carbocycles. The Kier molecular flexibility index (Phi) is 6.57. The predicted octanol–water partition coefficient (Wildman–Crippen LogP) is 1.56. The van der Waals surface area contributed by atoms with Crippen molar-refractivity contribution >= 4 is 5.91 Å². The molecule has 0 radical (unpaired) electrons. The number of unbranched alkanes of at least 4 members (excludes halogenated alkanes) is 1. The van der Waals surface area contributed by atoms with Crippen LogP contribution >= 0.6 is 0 Å². The van der Waals surface area contributed by atoms with Crippen LogP contribution in [0.1, 0.15) is 38.5 Å². The van der Waals surface area contributed by atoms with E-state index in [0.717, 1.165) is 51.4 Å². The van der Waals surface area contributed by atoms with Gasteiger partial charge in [-0.2, -0.15) is 0 Å². The van der Waals surface area contributed by atoms with Crippen LogP contribution in [0.15, 0.2) is 18.7 Å². The van der Waals surface area contributed by atoms with Crippen LogP contribution in [0.4, 0.5) is 0 Å². The molecule has 0 atom stereocenters. The molecular weight excluding hydrogens is 252 g/mol. The van der Waals surface area contributed by atoms with E-state index >= 15 is 0 Å². The van der Waals surface area contributed by atoms with E-state index in [9.17, 15) is 4.79 Å². The van der Waals surface area contributed by atoms with E-state index in [1.807, 2.05) is 12.5 Å². The number of hydrogen-bond acceptors (Lipinski definition) is 3. The van der Waals surface area contributed by atoms with E-state index in [-0.39, 0.29) is 5.91 Å². The van der Waals surface area contributed by atoms with Gasteiger partial charge in [-0.1, -0.05) is 0 Å². The van der Waals surface area contributed by atoms with Crippen molar-refractivity contribution < 1.29 is 4.79 Å². The lowest BCUT2D eigenvalue weighted by Crippen LogP contribution is -2.29. The fourth-order valence-corrected chi connectivity index (χ4v) is 2.66. The van der Waals surface area contributed by atoms with Crippen LogP contribution in [0, 0.1) is 5.92 Å². The van der Waals surface area contributed by atoms with Crippen molar-refractivity contribution in [3.05, 3.63) is 18.7 Å². The summed E-state index contributed by atoms with van der Waals surface area (Å²) in [6, 6.07) is 0. The molecule has 1 saturated heterocycles. The van der Waals surface area contributed by atoms with Gasteiger partial charge in [0.1, 0.15) is 0 Å². The largest absolute Gasteiger partial charge is 0.356 e. The van der Waals surface area contributed by atoms with E-state index in [4.69, 9.17) is 0 Å². The Morgan fingerprint density at radius 3 is 2.95 bits per heavy atom. The van der Waals surface area contributed by atoms with Crippen LogP contribution in [0.2, 0.25) is 0 Å². The van der Waals surface area contributed by atoms with Crippen molar-refractivity contribution in [2.45, 2.75) is 45.1 Å². The standard InChI is InChI=1S/C15H26N4O/c20-15(4-3-14-5-8-16-9-6-14)18-7-1-2-11-19-12-10-17-13-19/h10,12-14,16H,1-9,11H2,(H,18,20). The zero-order chi connectivity index (χ0) is 14.0. The molecule has 0 unspecified atom stereocenters. The normalized spacial score (nSPS) is 16.2. The summed E-state index contributed by atoms with van der Waals surface area (Å²) in [5.74, 6) is 0.953. The van der Waals surface area contributed by atoms with Gasteiger partial charge < -0.3 is 15.2 Å². The molecule has 0 aliphatic carbocycles. The predicted molar refractivity (Wildman–Crippen MR) is 79.3 cm³/mol. The zero-order valence-electron chi connectivity index (χ0n) is 12.2. The Hall–Kier alpha value is -1.36. The first kappa shape index (κ1) is 15.0. The highest BCUT2D eigenvalue weighted by molar-refractivity contribution is 5.75. The molecule has 1 fully saturated rings. The second-order valence-electron chi connectivity index (χ2n) is 5.59. The third kappa shape index (κ3) is 5.74. The summed E-state index contributed by atoms with van der Waals surface area (Å²) < 4.78 is 2.07. The fraction of sp³-hybridized carbons (Fsp3) is 0.733. The highest BCUT2D eigenvalue weighted by Crippen LogP contribution is 2.17. The molecule has 0 bridgehead atoms. The topological polar surface area (TPSA) is 59.0 Å². The fourth-order valence-electron chi connectivity index (χ4n) is 2.66. The molecular formula is C15H26N4O. The number of piperidine rings is 1. The van der Waals surface area contributed by atoms with Gasteiger partial charge in [-0.3, -0.25) is 4.79 Å². The number of aromatic nitrogens is 2. The average Bonchev–Trinajstić information content (AvgIpc) is 2.99. The van der Waals surface area contributed by atoms with Crippen molar-refractivity contribution in [1.29, 1.82) is 0 Å². The molecule has 112 valence electrons. The molecule has 20 heavy (non-hydrogen) atoms. The summed E-state index contributed by atoms with van der Waals surface area (Å²) in [5.41, 5.74) is 0. The lowest BCUT2D eigenvalue weighted by molar-refractivity contribution is -0.121. The average molecular weight is 278 g/mol. The molecule has 2 heterocycles. The number of carbonyl (C=O) groups is 1. The van der Waals surface area contributed by atoms with Crippen molar-refractivity contribution in [1.82, 2.24) is 20.2 Å². The van der Waals surface area contributed by atoms with Crippen LogP contribution in [-0.2, 0) is 11.3 Å². The maximum absolute atomic E-state index is 11.7. The Morgan fingerprint density at radius 1 is 1.35 bits per heavy atom. The maximum atomic E-state index is 11.7. The van der Waals surface area contributed by atoms with E-state index in [2.05, 4.69) is 20.2 Å². The van der Waals surface area contributed by atoms with Gasteiger partial charge in [0, 0.05) is 31.9 Å². The monoisotopic (exact) mass is 278 g/mol. The molecule has 2 N–H and O–H groups in total. The number of rotatable bonds is 8. The molecule has 1 aliphatic rings. The van der Waals surface area contributed by atoms with Gasteiger partial charge in [0.05, 0.1) is 6.33 Å². The second-order valence-corrected chi connectivity index (χ2v) is 5.59. The van der Waals surface area contributed by atoms with Crippen molar-refractivity contribution in [2.75, 3.05) is 19.6 Å². The van der Waals surface area contributed by atoms with Gasteiger partial charge in [-0.05, 0) is 51.1 Å². The van der Waals surface area contributed by atoms with Gasteiger partial charge in [-0.25, -0.2) is 4.98 Å². The van der Waals surface area contributed by atoms with Crippen LogP contribution < -0.4 is 10.6 Å². The maximum Gasteiger partial charge on any atom is 0.220 e. The number of carbonyl (C=O) groups excluding carboxylic acids is 1. The smallest absolute Gasteiger partial charge is 0.220 e. The van der Waals surface area contributed by atoms with Crippen molar-refractivity contribution in [2.24, 2.45) is 5.92 Å². The van der Waals surface area contributed by atoms with Crippen molar-refractivity contribution in [3.8, 4) is 0 Å². The Labute approximate surface area is 121 Å². The SMILES string of the molecule is O=C(CCC1CCNCC1)NCCCCn1ccnc1. The molecule has 1 aromatic rings. The lowest BCUT2D eigenvalue weighted by atomic mass is 9.93. The zero-order valence-corrected chi connectivity index (χ0v) is 12.2. The van der Waals surface area contributed by atoms with Crippen LogP contribution in [0.3, 0.4) is 0 Å². The van der Waals surface area contributed by atoms with Crippen molar-refractivity contribution in [3.63, 3.8) is 0 Å². The number of nitrogens with one attached hydrogen (secondary N) is 2. The number of nitrogens with zero attached hydrogens (tertiary/aromatic N) is 2. The summed E-state index contributed by atoms with van der Waals surface area (Å²) in [4.78, 5) is 15.7. The molecule has 1 aromatic heterocycles. The number of hydrogen-bond donors (Lipinski definition) is 2. The Bertz CT molecular complexity index is 371. The Balaban J connectivity index is 1.45. The minimum atomic E-state index is 0.214. The molecule has 5 heteroatoms. The first-order valence-electron chi connectivity index (χ1n) is 7.78. The van der Waals surface area contributed by atoms with Gasteiger partial charge in [-0.15, -0.1) is 0 Å². The molecule has 0 aromatic carbocycles. The summed E-state index contributed by atoms with van der Waals surface area (Å²) >= 11 is 0. The van der Waals surface area contributed by atoms with Crippen LogP contribution in [0.25, 0.3) is 0 Å². The summed E-state index contributed by atoms with van der Waals surface area (Å²) in [6.07, 6.45) is 11.9. The van der Waals surface area contributed by atoms with Gasteiger partial charge in [0.25, 0.3) is 0 Å². The number of amides is 1. The molecule has 0 spiro atoms. The van der Waals surface area contributed by atoms with Gasteiger partial charge >= 0.3 is 0 Å². The minimum Gasteiger partial charge on any atom is -0.356 e. The van der Waals surface area contributed by atoms with E-state index in [1.54, 1.807) is 6.20 Å². The van der Waals surface area contributed by atoms with E-state index < -0.39 is 0 Å². The molecule has 1 amide bonds. The number of imidazole rings is 1. The van der Waals surface area contributed by atoms with Gasteiger partial charge in [0.15, 0.2) is 0 Å². The lowest BCUT2D eigenvalue weighted by Gasteiger charge is -2.22. The molecule has 5 nitrogen and oxygen atoms in total. The first-order chi connectivity index (χ1) is 9.84. The third-order valence-electron chi connectivity index (χ3n) is 3.96. The highest BCUT2D eigenvalue weighted by atomic mass is 16.1. The van der Waals surface area contributed by atoms with E-state index in [1.165, 1.54) is 12.8 Å². The first-order valence-corrected chi connectivity index (χ1v) is 7.78. The number of aryl methyl sites for hydroxylation is 1. The second kappa shape index (κ2) is 8.74. The van der Waals surface area contributed by atoms with Crippen LogP contribution in [-0.4, -0.2) is 35.1 Å². The highest BCUT2D eigenvalue weighted by Gasteiger charge is 2.14. The quantitative estimate of drug-likeness (QED) is 0.710. The third-order valence-corrected chi connectivity index (χ3v) is 3.96. The van der Waals surface area contributed by atoms with Gasteiger partial charge in [0.2, 0.25) is 5.91 Å². The summed E-state index contributed by atoms with van der Waals surface area (Å²) in [6.45, 7) is 3.99. The van der Waals surface area contributed by atoms with Crippen LogP contribution in [0.5, 0.6) is 0 Å². The summed E-state index contributed by atoms with van der Waals surface area (Å²) in [5, 5.41) is 6.38.